The predicted octanol–water partition coefficient (Wildman–Crippen LogP) is 5.67. The van der Waals surface area contributed by atoms with Crippen LogP contribution < -0.4 is 10.2 Å². The average Bonchev–Trinajstić information content (AvgIpc) is 3.08. The van der Waals surface area contributed by atoms with Gasteiger partial charge in [0, 0.05) is 16.0 Å². The topological polar surface area (TPSA) is 80.0 Å². The van der Waals surface area contributed by atoms with Crippen LogP contribution in [0.3, 0.4) is 0 Å². The third kappa shape index (κ3) is 3.57. The van der Waals surface area contributed by atoms with Crippen molar-refractivity contribution in [2.75, 3.05) is 7.11 Å². The normalized spacial score (nSPS) is 15.2. The molecule has 0 radical (unpaired) electrons. The zero-order valence-electron chi connectivity index (χ0n) is 17.3. The summed E-state index contributed by atoms with van der Waals surface area (Å²) in [6, 6.07) is 16.3. The van der Waals surface area contributed by atoms with Crippen LogP contribution in [0.25, 0.3) is 11.0 Å². The van der Waals surface area contributed by atoms with Crippen molar-refractivity contribution >= 4 is 44.4 Å². The molecule has 4 aromatic rings. The van der Waals surface area contributed by atoms with Gasteiger partial charge in [0.25, 0.3) is 5.91 Å². The van der Waals surface area contributed by atoms with Gasteiger partial charge < -0.3 is 19.2 Å². The second-order valence-electron chi connectivity index (χ2n) is 7.67. The van der Waals surface area contributed by atoms with Crippen molar-refractivity contribution in [1.82, 2.24) is 4.90 Å². The van der Waals surface area contributed by atoms with Crippen LogP contribution in [0, 0.1) is 0 Å². The molecule has 0 bridgehead atoms. The van der Waals surface area contributed by atoms with Crippen molar-refractivity contribution in [2.24, 2.45) is 0 Å². The SMILES string of the molecule is COc1cc(C2c3c(oc4ccc(Br)cc4c3=O)C(=O)N2Cc2ccccc2Cl)ccc1O. The standard InChI is InChI=1S/C25H17BrClNO5/c1-32-20-10-13(6-8-18(20)29)22-21-23(30)16-11-15(26)7-9-19(16)33-24(21)25(31)28(22)12-14-4-2-3-5-17(14)27/h2-11,22,29H,12H2,1H3. The summed E-state index contributed by atoms with van der Waals surface area (Å²) >= 11 is 9.77. The number of methoxy groups -OCH3 is 1. The van der Waals surface area contributed by atoms with Gasteiger partial charge >= 0.3 is 0 Å². The highest BCUT2D eigenvalue weighted by Crippen LogP contribution is 2.42. The lowest BCUT2D eigenvalue weighted by Crippen LogP contribution is -2.29. The minimum Gasteiger partial charge on any atom is -0.504 e. The van der Waals surface area contributed by atoms with Gasteiger partial charge in [-0.25, -0.2) is 0 Å². The first-order valence-corrected chi connectivity index (χ1v) is 11.2. The van der Waals surface area contributed by atoms with Crippen molar-refractivity contribution < 1.29 is 19.1 Å². The second-order valence-corrected chi connectivity index (χ2v) is 9.00. The highest BCUT2D eigenvalue weighted by molar-refractivity contribution is 9.10. The summed E-state index contributed by atoms with van der Waals surface area (Å²) in [7, 11) is 1.44. The Labute approximate surface area is 202 Å². The summed E-state index contributed by atoms with van der Waals surface area (Å²) in [5, 5.41) is 11.0. The molecule has 166 valence electrons. The first-order chi connectivity index (χ1) is 15.9. The van der Waals surface area contributed by atoms with E-state index in [9.17, 15) is 14.7 Å². The first kappa shape index (κ1) is 21.6. The highest BCUT2D eigenvalue weighted by Gasteiger charge is 2.43. The molecule has 6 nitrogen and oxygen atoms in total. The molecule has 1 aliphatic heterocycles. The van der Waals surface area contributed by atoms with Crippen molar-refractivity contribution in [3.8, 4) is 11.5 Å². The largest absolute Gasteiger partial charge is 0.504 e. The number of amides is 1. The van der Waals surface area contributed by atoms with E-state index in [1.165, 1.54) is 13.2 Å². The lowest BCUT2D eigenvalue weighted by atomic mass is 9.97. The summed E-state index contributed by atoms with van der Waals surface area (Å²) in [5.41, 5.74) is 1.61. The van der Waals surface area contributed by atoms with Gasteiger partial charge in [0.2, 0.25) is 5.76 Å². The molecule has 3 aromatic carbocycles. The summed E-state index contributed by atoms with van der Waals surface area (Å²) in [5.74, 6) is -0.222. The fraction of sp³-hybridized carbons (Fsp3) is 0.120. The minimum atomic E-state index is -0.752. The minimum absolute atomic E-state index is 0.00100. The zero-order chi connectivity index (χ0) is 23.3. The Morgan fingerprint density at radius 1 is 1.12 bits per heavy atom. The molecule has 0 saturated heterocycles. The van der Waals surface area contributed by atoms with Gasteiger partial charge in [0.1, 0.15) is 5.58 Å². The summed E-state index contributed by atoms with van der Waals surface area (Å²) in [6.07, 6.45) is 0. The Morgan fingerprint density at radius 3 is 2.67 bits per heavy atom. The van der Waals surface area contributed by atoms with Crippen molar-refractivity contribution in [2.45, 2.75) is 12.6 Å². The number of hydrogen-bond donors (Lipinski definition) is 1. The van der Waals surface area contributed by atoms with E-state index in [0.29, 0.717) is 21.6 Å². The number of carbonyl (C=O) groups excluding carboxylic acids is 1. The van der Waals surface area contributed by atoms with Gasteiger partial charge in [-0.2, -0.15) is 0 Å². The smallest absolute Gasteiger partial charge is 0.291 e. The molecule has 33 heavy (non-hydrogen) atoms. The number of nitrogens with zero attached hydrogens (tertiary/aromatic N) is 1. The number of phenols is 1. The molecule has 0 spiro atoms. The number of benzene rings is 3. The third-order valence-corrected chi connectivity index (χ3v) is 6.61. The van der Waals surface area contributed by atoms with Gasteiger partial charge in [-0.15, -0.1) is 0 Å². The van der Waals surface area contributed by atoms with Crippen molar-refractivity contribution in [1.29, 1.82) is 0 Å². The molecule has 1 N–H and O–H groups in total. The number of aromatic hydroxyl groups is 1. The van der Waals surface area contributed by atoms with E-state index in [1.54, 1.807) is 41.3 Å². The molecule has 1 aliphatic rings. The maximum Gasteiger partial charge on any atom is 0.291 e. The first-order valence-electron chi connectivity index (χ1n) is 10.1. The zero-order valence-corrected chi connectivity index (χ0v) is 19.7. The number of rotatable bonds is 4. The van der Waals surface area contributed by atoms with Crippen LogP contribution in [0.5, 0.6) is 11.5 Å². The Morgan fingerprint density at radius 2 is 1.91 bits per heavy atom. The molecule has 1 unspecified atom stereocenters. The number of halogens is 2. The van der Waals surface area contributed by atoms with Crippen LogP contribution in [0.2, 0.25) is 5.02 Å². The predicted molar refractivity (Wildman–Crippen MR) is 128 cm³/mol. The van der Waals surface area contributed by atoms with E-state index in [4.69, 9.17) is 20.8 Å². The maximum atomic E-state index is 13.6. The Balaban J connectivity index is 1.76. The molecule has 1 amide bonds. The number of hydrogen-bond acceptors (Lipinski definition) is 5. The highest BCUT2D eigenvalue weighted by atomic mass is 79.9. The summed E-state index contributed by atoms with van der Waals surface area (Å²) in [6.45, 7) is 0.163. The molecule has 5 rings (SSSR count). The molecule has 1 atom stereocenters. The average molecular weight is 527 g/mol. The van der Waals surface area contributed by atoms with Crippen LogP contribution in [0.4, 0.5) is 0 Å². The number of ether oxygens (including phenoxy) is 1. The van der Waals surface area contributed by atoms with E-state index in [2.05, 4.69) is 15.9 Å². The van der Waals surface area contributed by atoms with E-state index in [1.807, 2.05) is 18.2 Å². The molecule has 0 aliphatic carbocycles. The number of phenolic OH excluding ortho intramolecular Hbond substituents is 1. The van der Waals surface area contributed by atoms with Gasteiger partial charge in [-0.3, -0.25) is 9.59 Å². The lowest BCUT2D eigenvalue weighted by Gasteiger charge is -2.26. The Hall–Kier alpha value is -3.29. The molecule has 0 fully saturated rings. The summed E-state index contributed by atoms with van der Waals surface area (Å²) < 4.78 is 11.9. The fourth-order valence-electron chi connectivity index (χ4n) is 4.18. The van der Waals surface area contributed by atoms with Crippen LogP contribution in [-0.2, 0) is 6.54 Å². The fourth-order valence-corrected chi connectivity index (χ4v) is 4.73. The Kier molecular flexibility index (Phi) is 5.38. The van der Waals surface area contributed by atoms with E-state index < -0.39 is 11.9 Å². The summed E-state index contributed by atoms with van der Waals surface area (Å²) in [4.78, 5) is 28.7. The molecular weight excluding hydrogens is 510 g/mol. The van der Waals surface area contributed by atoms with Gasteiger partial charge in [0.15, 0.2) is 16.9 Å². The number of fused-ring (bicyclic) bond motifs is 2. The van der Waals surface area contributed by atoms with E-state index in [-0.39, 0.29) is 34.8 Å². The van der Waals surface area contributed by atoms with Gasteiger partial charge in [0.05, 0.1) is 24.1 Å². The van der Waals surface area contributed by atoms with Crippen LogP contribution in [0.1, 0.15) is 33.3 Å². The quantitative estimate of drug-likeness (QED) is 0.371. The molecule has 0 saturated carbocycles. The van der Waals surface area contributed by atoms with Crippen LogP contribution >= 0.6 is 27.5 Å². The third-order valence-electron chi connectivity index (χ3n) is 5.75. The van der Waals surface area contributed by atoms with Crippen molar-refractivity contribution in [3.63, 3.8) is 0 Å². The lowest BCUT2D eigenvalue weighted by molar-refractivity contribution is 0.0714. The molecule has 2 heterocycles. The van der Waals surface area contributed by atoms with Gasteiger partial charge in [-0.1, -0.05) is 51.8 Å². The Bertz CT molecular complexity index is 1480. The monoisotopic (exact) mass is 525 g/mol. The van der Waals surface area contributed by atoms with Crippen LogP contribution in [-0.4, -0.2) is 23.0 Å². The van der Waals surface area contributed by atoms with E-state index in [0.717, 1.165) is 10.0 Å². The van der Waals surface area contributed by atoms with Crippen molar-refractivity contribution in [3.05, 3.63) is 103 Å². The maximum absolute atomic E-state index is 13.6. The molecular formula is C25H17BrClNO5. The number of carbonyl (C=O) groups is 1. The van der Waals surface area contributed by atoms with E-state index >= 15 is 0 Å². The van der Waals surface area contributed by atoms with Gasteiger partial charge in [-0.05, 0) is 47.5 Å². The second kappa shape index (κ2) is 8.24. The molecule has 8 heteroatoms. The van der Waals surface area contributed by atoms with Crippen LogP contribution in [0.15, 0.2) is 74.3 Å². The molecule has 1 aromatic heterocycles.